The van der Waals surface area contributed by atoms with Crippen molar-refractivity contribution in [3.8, 4) is 0 Å². The molecular weight excluding hydrogens is 327 g/mol. The van der Waals surface area contributed by atoms with Crippen LogP contribution in [0.4, 0.5) is 15.8 Å². The number of amides is 2. The Bertz CT molecular complexity index is 732. The summed E-state index contributed by atoms with van der Waals surface area (Å²) >= 11 is 1.50. The topological polar surface area (TPSA) is 58.2 Å². The minimum atomic E-state index is -0.544. The number of nitrogens with one attached hydrogen (secondary N) is 2. The molecule has 0 aliphatic rings. The fraction of sp³-hybridized carbons (Fsp3) is 0.222. The van der Waals surface area contributed by atoms with Crippen molar-refractivity contribution in [3.05, 3.63) is 59.4 Å². The van der Waals surface area contributed by atoms with Crippen molar-refractivity contribution in [2.45, 2.75) is 19.6 Å². The molecule has 6 heteroatoms. The molecule has 0 bridgehead atoms. The molecule has 0 aliphatic heterocycles. The van der Waals surface area contributed by atoms with Crippen LogP contribution in [0.25, 0.3) is 0 Å². The highest BCUT2D eigenvalue weighted by Crippen LogP contribution is 2.20. The standard InChI is InChI=1S/C18H19FN2O2S/c1-12-3-5-14(6-4-12)10-24-11-18(23)21-15-7-8-16(19)17(9-15)20-13(2)22/h3-9H,10-11H2,1-2H3,(H,20,22)(H,21,23). The maximum Gasteiger partial charge on any atom is 0.234 e. The Morgan fingerprint density at radius 3 is 2.46 bits per heavy atom. The second kappa shape index (κ2) is 8.49. The van der Waals surface area contributed by atoms with Gasteiger partial charge in [0.2, 0.25) is 11.8 Å². The molecule has 0 spiro atoms. The van der Waals surface area contributed by atoms with Gasteiger partial charge in [-0.2, -0.15) is 0 Å². The number of benzene rings is 2. The lowest BCUT2D eigenvalue weighted by Gasteiger charge is -2.09. The molecule has 2 rings (SSSR count). The van der Waals surface area contributed by atoms with Crippen LogP contribution in [0.3, 0.4) is 0 Å². The second-order valence-corrected chi connectivity index (χ2v) is 6.39. The first-order valence-corrected chi connectivity index (χ1v) is 8.60. The maximum absolute atomic E-state index is 13.6. The molecule has 0 unspecified atom stereocenters. The van der Waals surface area contributed by atoms with Gasteiger partial charge in [0.25, 0.3) is 0 Å². The summed E-state index contributed by atoms with van der Waals surface area (Å²) in [6, 6.07) is 12.2. The molecule has 126 valence electrons. The van der Waals surface area contributed by atoms with Gasteiger partial charge in [-0.05, 0) is 30.7 Å². The predicted molar refractivity (Wildman–Crippen MR) is 96.7 cm³/mol. The van der Waals surface area contributed by atoms with Crippen LogP contribution in [0.5, 0.6) is 0 Å². The van der Waals surface area contributed by atoms with E-state index in [0.29, 0.717) is 11.4 Å². The van der Waals surface area contributed by atoms with Crippen LogP contribution in [0, 0.1) is 12.7 Å². The van der Waals surface area contributed by atoms with Crippen molar-refractivity contribution in [2.24, 2.45) is 0 Å². The maximum atomic E-state index is 13.6. The molecule has 0 aromatic heterocycles. The zero-order chi connectivity index (χ0) is 17.5. The molecule has 2 aromatic carbocycles. The van der Waals surface area contributed by atoms with Gasteiger partial charge in [-0.1, -0.05) is 29.8 Å². The van der Waals surface area contributed by atoms with Crippen molar-refractivity contribution >= 4 is 35.0 Å². The van der Waals surface area contributed by atoms with Crippen LogP contribution in [-0.4, -0.2) is 17.6 Å². The van der Waals surface area contributed by atoms with E-state index in [0.717, 1.165) is 11.3 Å². The average Bonchev–Trinajstić information content (AvgIpc) is 2.52. The number of aryl methyl sites for hydroxylation is 1. The second-order valence-electron chi connectivity index (χ2n) is 5.40. The Balaban J connectivity index is 1.85. The fourth-order valence-electron chi connectivity index (χ4n) is 2.03. The SMILES string of the molecule is CC(=O)Nc1cc(NC(=O)CSCc2ccc(C)cc2)ccc1F. The Morgan fingerprint density at radius 2 is 1.79 bits per heavy atom. The number of hydrogen-bond acceptors (Lipinski definition) is 3. The summed E-state index contributed by atoms with van der Waals surface area (Å²) in [4.78, 5) is 23.0. The Morgan fingerprint density at radius 1 is 1.08 bits per heavy atom. The Hall–Kier alpha value is -2.34. The van der Waals surface area contributed by atoms with Crippen molar-refractivity contribution < 1.29 is 14.0 Å². The summed E-state index contributed by atoms with van der Waals surface area (Å²) in [5, 5.41) is 5.09. The third-order valence-electron chi connectivity index (χ3n) is 3.18. The quantitative estimate of drug-likeness (QED) is 0.832. The number of halogens is 1. The molecule has 0 aliphatic carbocycles. The van der Waals surface area contributed by atoms with Crippen LogP contribution in [-0.2, 0) is 15.3 Å². The molecule has 0 atom stereocenters. The van der Waals surface area contributed by atoms with Gasteiger partial charge in [0.05, 0.1) is 11.4 Å². The van der Waals surface area contributed by atoms with Crippen LogP contribution in [0.1, 0.15) is 18.1 Å². The summed E-state index contributed by atoms with van der Waals surface area (Å²) < 4.78 is 13.6. The van der Waals surface area contributed by atoms with Crippen molar-refractivity contribution in [2.75, 3.05) is 16.4 Å². The fourth-order valence-corrected chi connectivity index (χ4v) is 2.82. The zero-order valence-corrected chi connectivity index (χ0v) is 14.4. The molecule has 0 radical (unpaired) electrons. The van der Waals surface area contributed by atoms with Crippen molar-refractivity contribution in [1.82, 2.24) is 0 Å². The monoisotopic (exact) mass is 346 g/mol. The van der Waals surface area contributed by atoms with E-state index < -0.39 is 5.82 Å². The first kappa shape index (κ1) is 18.0. The van der Waals surface area contributed by atoms with Gasteiger partial charge in [0.15, 0.2) is 0 Å². The molecule has 2 N–H and O–H groups in total. The van der Waals surface area contributed by atoms with Gasteiger partial charge < -0.3 is 10.6 Å². The van der Waals surface area contributed by atoms with Crippen LogP contribution in [0.15, 0.2) is 42.5 Å². The van der Waals surface area contributed by atoms with Gasteiger partial charge in [0, 0.05) is 18.4 Å². The van der Waals surface area contributed by atoms with Crippen LogP contribution < -0.4 is 10.6 Å². The van der Waals surface area contributed by atoms with Crippen molar-refractivity contribution in [3.63, 3.8) is 0 Å². The molecule has 0 fully saturated rings. The highest BCUT2D eigenvalue weighted by molar-refractivity contribution is 7.99. The van der Waals surface area contributed by atoms with E-state index in [1.807, 2.05) is 31.2 Å². The third kappa shape index (κ3) is 5.70. The van der Waals surface area contributed by atoms with E-state index >= 15 is 0 Å². The predicted octanol–water partition coefficient (Wildman–Crippen LogP) is 3.96. The number of rotatable bonds is 6. The molecule has 24 heavy (non-hydrogen) atoms. The summed E-state index contributed by atoms with van der Waals surface area (Å²) in [6.45, 7) is 3.33. The Kier molecular flexibility index (Phi) is 6.37. The third-order valence-corrected chi connectivity index (χ3v) is 4.19. The van der Waals surface area contributed by atoms with Gasteiger partial charge in [-0.3, -0.25) is 9.59 Å². The molecular formula is C18H19FN2O2S. The number of hydrogen-bond donors (Lipinski definition) is 2. The van der Waals surface area contributed by atoms with E-state index in [1.54, 1.807) is 0 Å². The smallest absolute Gasteiger partial charge is 0.234 e. The average molecular weight is 346 g/mol. The lowest BCUT2D eigenvalue weighted by Crippen LogP contribution is -2.15. The van der Waals surface area contributed by atoms with Crippen LogP contribution in [0.2, 0.25) is 0 Å². The van der Waals surface area contributed by atoms with E-state index in [-0.39, 0.29) is 17.5 Å². The van der Waals surface area contributed by atoms with Gasteiger partial charge in [-0.25, -0.2) is 4.39 Å². The number of thioether (sulfide) groups is 1. The summed E-state index contributed by atoms with van der Waals surface area (Å²) in [6.07, 6.45) is 0. The number of anilines is 2. The molecule has 4 nitrogen and oxygen atoms in total. The molecule has 2 amide bonds. The van der Waals surface area contributed by atoms with E-state index in [2.05, 4.69) is 10.6 Å². The minimum absolute atomic E-state index is 0.0487. The number of carbonyl (C=O) groups excluding carboxylic acids is 2. The van der Waals surface area contributed by atoms with Gasteiger partial charge in [-0.15, -0.1) is 11.8 Å². The highest BCUT2D eigenvalue weighted by atomic mass is 32.2. The first-order chi connectivity index (χ1) is 11.4. The lowest BCUT2D eigenvalue weighted by molar-refractivity contribution is -0.114. The van der Waals surface area contributed by atoms with Crippen LogP contribution >= 0.6 is 11.8 Å². The summed E-state index contributed by atoms with van der Waals surface area (Å²) in [7, 11) is 0. The highest BCUT2D eigenvalue weighted by Gasteiger charge is 2.08. The summed E-state index contributed by atoms with van der Waals surface area (Å²) in [5.41, 5.74) is 2.86. The van der Waals surface area contributed by atoms with Crippen molar-refractivity contribution in [1.29, 1.82) is 0 Å². The van der Waals surface area contributed by atoms with Gasteiger partial charge >= 0.3 is 0 Å². The molecule has 2 aromatic rings. The molecule has 0 saturated carbocycles. The van der Waals surface area contributed by atoms with E-state index in [9.17, 15) is 14.0 Å². The normalized spacial score (nSPS) is 10.3. The zero-order valence-electron chi connectivity index (χ0n) is 13.6. The van der Waals surface area contributed by atoms with E-state index in [1.165, 1.54) is 42.4 Å². The Labute approximate surface area is 144 Å². The number of carbonyl (C=O) groups is 2. The largest absolute Gasteiger partial charge is 0.325 e. The summed E-state index contributed by atoms with van der Waals surface area (Å²) in [5.74, 6) is -0.0508. The van der Waals surface area contributed by atoms with Gasteiger partial charge in [0.1, 0.15) is 5.82 Å². The molecule has 0 saturated heterocycles. The molecule has 0 heterocycles. The first-order valence-electron chi connectivity index (χ1n) is 7.44. The van der Waals surface area contributed by atoms with E-state index in [4.69, 9.17) is 0 Å². The lowest BCUT2D eigenvalue weighted by atomic mass is 10.2. The minimum Gasteiger partial charge on any atom is -0.325 e.